The molecule has 0 fully saturated rings. The molecule has 2 rings (SSSR count). The zero-order valence-electron chi connectivity index (χ0n) is 6.11. The van der Waals surface area contributed by atoms with Crippen molar-refractivity contribution in [1.82, 2.24) is 15.3 Å². The molecule has 62 valence electrons. The lowest BCUT2D eigenvalue weighted by Gasteiger charge is -2.08. The number of hydrogen-bond donors (Lipinski definition) is 3. The molecule has 1 aliphatic heterocycles. The first kappa shape index (κ1) is 6.84. The summed E-state index contributed by atoms with van der Waals surface area (Å²) in [5.41, 5.74) is 0.789. The van der Waals surface area contributed by atoms with Crippen molar-refractivity contribution in [3.63, 3.8) is 0 Å². The second-order valence-electron chi connectivity index (χ2n) is 2.29. The third kappa shape index (κ3) is 1.03. The molecule has 1 atom stereocenters. The van der Waals surface area contributed by atoms with Gasteiger partial charge in [-0.2, -0.15) is 0 Å². The third-order valence-corrected chi connectivity index (χ3v) is 1.53. The smallest absolute Gasteiger partial charge is 0.210 e. The number of carbonyl (C=O) groups is 1. The summed E-state index contributed by atoms with van der Waals surface area (Å²) in [6, 6.07) is 0. The fraction of sp³-hybridized carbons (Fsp3) is 0.167. The Morgan fingerprint density at radius 2 is 2.50 bits per heavy atom. The molecule has 3 N–H and O–H groups in total. The highest BCUT2D eigenvalue weighted by Crippen LogP contribution is 2.22. The molecular weight excluding hydrogens is 158 g/mol. The Morgan fingerprint density at radius 1 is 1.58 bits per heavy atom. The molecule has 0 saturated carbocycles. The number of fused-ring (bicyclic) bond motifs is 1. The minimum atomic E-state index is -0.283. The molecule has 1 amide bonds. The van der Waals surface area contributed by atoms with Gasteiger partial charge in [-0.3, -0.25) is 4.79 Å². The zero-order chi connectivity index (χ0) is 8.39. The van der Waals surface area contributed by atoms with Gasteiger partial charge >= 0.3 is 0 Å². The maximum Gasteiger partial charge on any atom is 0.210 e. The van der Waals surface area contributed by atoms with E-state index in [0.29, 0.717) is 12.2 Å². The number of nitrogens with one attached hydrogen (secondary N) is 3. The number of carbonyl (C=O) groups excluding carboxylic acids is 1. The molecule has 0 radical (unpaired) electrons. The number of rotatable bonds is 2. The van der Waals surface area contributed by atoms with Gasteiger partial charge in [0.2, 0.25) is 6.41 Å². The van der Waals surface area contributed by atoms with Crippen LogP contribution in [0.1, 0.15) is 0 Å². The van der Waals surface area contributed by atoms with E-state index in [2.05, 4.69) is 25.9 Å². The van der Waals surface area contributed by atoms with E-state index in [9.17, 15) is 4.79 Å². The molecule has 0 spiro atoms. The Bertz CT molecular complexity index is 277. The van der Waals surface area contributed by atoms with Gasteiger partial charge < -0.3 is 16.0 Å². The Balaban J connectivity index is 2.16. The van der Waals surface area contributed by atoms with Crippen molar-refractivity contribution in [2.75, 3.05) is 10.6 Å². The van der Waals surface area contributed by atoms with Gasteiger partial charge in [0.25, 0.3) is 0 Å². The Hall–Kier alpha value is -1.85. The first-order chi connectivity index (χ1) is 5.90. The largest absolute Gasteiger partial charge is 0.344 e. The molecule has 0 unspecified atom stereocenters. The second-order valence-corrected chi connectivity index (χ2v) is 2.29. The molecule has 6 nitrogen and oxygen atoms in total. The van der Waals surface area contributed by atoms with Crippen molar-refractivity contribution in [3.8, 4) is 0 Å². The van der Waals surface area contributed by atoms with Crippen molar-refractivity contribution >= 4 is 17.9 Å². The lowest BCUT2D eigenvalue weighted by atomic mass is 10.5. The fourth-order valence-corrected chi connectivity index (χ4v) is 1.03. The van der Waals surface area contributed by atoms with Crippen LogP contribution in [0.15, 0.2) is 12.5 Å². The zero-order valence-corrected chi connectivity index (χ0v) is 6.11. The van der Waals surface area contributed by atoms with Gasteiger partial charge in [-0.05, 0) is 0 Å². The van der Waals surface area contributed by atoms with Crippen LogP contribution >= 0.6 is 0 Å². The average molecular weight is 165 g/mol. The average Bonchev–Trinajstić information content (AvgIpc) is 2.47. The van der Waals surface area contributed by atoms with Gasteiger partial charge in [0, 0.05) is 0 Å². The molecule has 0 aliphatic carbocycles. The number of nitrogens with zero attached hydrogens (tertiary/aromatic N) is 2. The Kier molecular flexibility index (Phi) is 1.51. The number of amides is 1. The second kappa shape index (κ2) is 2.65. The Morgan fingerprint density at radius 3 is 3.25 bits per heavy atom. The first-order valence-corrected chi connectivity index (χ1v) is 3.43. The van der Waals surface area contributed by atoms with E-state index in [1.54, 1.807) is 6.20 Å². The van der Waals surface area contributed by atoms with Crippen LogP contribution in [0, 0.1) is 0 Å². The summed E-state index contributed by atoms with van der Waals surface area (Å²) >= 11 is 0. The molecule has 1 aromatic heterocycles. The molecule has 6 heteroatoms. The highest BCUT2D eigenvalue weighted by atomic mass is 16.1. The van der Waals surface area contributed by atoms with E-state index in [4.69, 9.17) is 0 Å². The van der Waals surface area contributed by atoms with Gasteiger partial charge in [-0.25, -0.2) is 9.97 Å². The predicted molar refractivity (Wildman–Crippen MR) is 42.3 cm³/mol. The molecule has 0 aromatic carbocycles. The van der Waals surface area contributed by atoms with Crippen LogP contribution in [0.3, 0.4) is 0 Å². The summed E-state index contributed by atoms with van der Waals surface area (Å²) in [7, 11) is 0. The summed E-state index contributed by atoms with van der Waals surface area (Å²) in [6.07, 6.45) is 3.41. The van der Waals surface area contributed by atoms with E-state index < -0.39 is 0 Å². The molecule has 0 bridgehead atoms. The third-order valence-electron chi connectivity index (χ3n) is 1.53. The van der Waals surface area contributed by atoms with Gasteiger partial charge in [-0.1, -0.05) is 0 Å². The molecule has 12 heavy (non-hydrogen) atoms. The first-order valence-electron chi connectivity index (χ1n) is 3.43. The van der Waals surface area contributed by atoms with E-state index in [1.165, 1.54) is 6.33 Å². The summed E-state index contributed by atoms with van der Waals surface area (Å²) in [6.45, 7) is 0. The summed E-state index contributed by atoms with van der Waals surface area (Å²) < 4.78 is 0. The molecule has 1 aromatic rings. The van der Waals surface area contributed by atoms with Crippen molar-refractivity contribution in [2.24, 2.45) is 0 Å². The van der Waals surface area contributed by atoms with E-state index >= 15 is 0 Å². The van der Waals surface area contributed by atoms with Crippen LogP contribution in [0.25, 0.3) is 0 Å². The summed E-state index contributed by atoms with van der Waals surface area (Å²) in [4.78, 5) is 17.9. The van der Waals surface area contributed by atoms with Crippen LogP contribution in [-0.2, 0) is 4.79 Å². The fourth-order valence-electron chi connectivity index (χ4n) is 1.03. The minimum Gasteiger partial charge on any atom is -0.344 e. The van der Waals surface area contributed by atoms with Gasteiger partial charge in [-0.15, -0.1) is 0 Å². The van der Waals surface area contributed by atoms with Crippen LogP contribution in [0.5, 0.6) is 0 Å². The normalized spacial score (nSPS) is 18.8. The Labute approximate surface area is 68.4 Å². The molecule has 0 saturated heterocycles. The van der Waals surface area contributed by atoms with Gasteiger partial charge in [0.1, 0.15) is 6.33 Å². The van der Waals surface area contributed by atoms with Crippen LogP contribution in [-0.4, -0.2) is 22.7 Å². The van der Waals surface area contributed by atoms with E-state index in [1.807, 2.05) is 0 Å². The number of anilines is 2. The van der Waals surface area contributed by atoms with E-state index in [0.717, 1.165) is 5.69 Å². The van der Waals surface area contributed by atoms with Crippen LogP contribution in [0.2, 0.25) is 0 Å². The van der Waals surface area contributed by atoms with Crippen LogP contribution in [0.4, 0.5) is 11.5 Å². The quantitative estimate of drug-likeness (QED) is 0.507. The monoisotopic (exact) mass is 165 g/mol. The topological polar surface area (TPSA) is 78.9 Å². The number of aromatic nitrogens is 2. The summed E-state index contributed by atoms with van der Waals surface area (Å²) in [5.74, 6) is 0.698. The van der Waals surface area contributed by atoms with E-state index in [-0.39, 0.29) is 6.29 Å². The van der Waals surface area contributed by atoms with Crippen molar-refractivity contribution < 1.29 is 4.79 Å². The number of hydrogen-bond acceptors (Lipinski definition) is 5. The van der Waals surface area contributed by atoms with Crippen molar-refractivity contribution in [3.05, 3.63) is 12.5 Å². The highest BCUT2D eigenvalue weighted by Gasteiger charge is 2.18. The maximum absolute atomic E-state index is 10.1. The van der Waals surface area contributed by atoms with Gasteiger partial charge in [0.05, 0.1) is 11.9 Å². The molecular formula is C6H7N5O. The van der Waals surface area contributed by atoms with Crippen molar-refractivity contribution in [1.29, 1.82) is 0 Å². The van der Waals surface area contributed by atoms with Crippen molar-refractivity contribution in [2.45, 2.75) is 6.29 Å². The van der Waals surface area contributed by atoms with Crippen LogP contribution < -0.4 is 16.0 Å². The highest BCUT2D eigenvalue weighted by molar-refractivity contribution is 5.70. The van der Waals surface area contributed by atoms with Gasteiger partial charge in [0.15, 0.2) is 12.1 Å². The predicted octanol–water partition coefficient (Wildman–Crippen LogP) is -0.656. The SMILES string of the molecule is O=CN[C@@H]1Nc2cncnc2N1. The standard InChI is InChI=1S/C6H7N5O/c12-3-9-6-10-4-1-7-2-8-5(4)11-6/h1-3,6,10H,(H,9,12)(H,7,8,11)/t6-/m1/s1. The summed E-state index contributed by atoms with van der Waals surface area (Å²) in [5, 5.41) is 8.41. The minimum absolute atomic E-state index is 0.283. The molecule has 2 heterocycles. The lowest BCUT2D eigenvalue weighted by molar-refractivity contribution is -0.109. The maximum atomic E-state index is 10.1. The lowest BCUT2D eigenvalue weighted by Crippen LogP contribution is -2.37. The molecule has 1 aliphatic rings.